The molecule has 0 amide bonds. The van der Waals surface area contributed by atoms with Gasteiger partial charge in [0.2, 0.25) is 0 Å². The molecule has 3 aromatic rings. The van der Waals surface area contributed by atoms with Gasteiger partial charge in [-0.1, -0.05) is 31.2 Å². The molecule has 24 heavy (non-hydrogen) atoms. The Morgan fingerprint density at radius 1 is 1.29 bits per heavy atom. The summed E-state index contributed by atoms with van der Waals surface area (Å²) in [6.45, 7) is 2.60. The molecule has 0 aliphatic rings. The van der Waals surface area contributed by atoms with Gasteiger partial charge in [0.25, 0.3) is 5.56 Å². The summed E-state index contributed by atoms with van der Waals surface area (Å²) < 4.78 is 3.31. The second kappa shape index (κ2) is 7.04. The lowest BCUT2D eigenvalue weighted by atomic mass is 10.3. The van der Waals surface area contributed by atoms with Gasteiger partial charge < -0.3 is 4.57 Å². The van der Waals surface area contributed by atoms with Gasteiger partial charge in [0, 0.05) is 19.8 Å². The van der Waals surface area contributed by atoms with Crippen molar-refractivity contribution in [3.8, 4) is 0 Å². The number of hydrogen-bond acceptors (Lipinski definition) is 5. The molecule has 0 spiro atoms. The number of nitrogens with one attached hydrogen (secondary N) is 1. The third kappa shape index (κ3) is 3.14. The first-order valence-corrected chi connectivity index (χ1v) is 8.82. The van der Waals surface area contributed by atoms with E-state index in [0.717, 1.165) is 23.7 Å². The Bertz CT molecular complexity index is 958. The van der Waals surface area contributed by atoms with E-state index in [-0.39, 0.29) is 0 Å². The molecule has 0 aliphatic heterocycles. The molecule has 3 heterocycles. The Morgan fingerprint density at radius 3 is 2.83 bits per heavy atom. The summed E-state index contributed by atoms with van der Waals surface area (Å²) in [7, 11) is 1.80. The highest BCUT2D eigenvalue weighted by Crippen LogP contribution is 2.21. The van der Waals surface area contributed by atoms with Crippen LogP contribution in [-0.2, 0) is 19.3 Å². The van der Waals surface area contributed by atoms with E-state index in [1.54, 1.807) is 34.1 Å². The molecule has 0 aliphatic carbocycles. The average Bonchev–Trinajstić information content (AvgIpc) is 2.91. The summed E-state index contributed by atoms with van der Waals surface area (Å²) in [5.41, 5.74) is 0.0912. The van der Waals surface area contributed by atoms with Crippen molar-refractivity contribution in [3.05, 3.63) is 51.1 Å². The summed E-state index contributed by atoms with van der Waals surface area (Å²) in [4.78, 5) is 35.5. The normalized spacial score (nSPS) is 11.2. The van der Waals surface area contributed by atoms with Gasteiger partial charge in [0.15, 0.2) is 11.2 Å². The highest BCUT2D eigenvalue weighted by atomic mass is 32.2. The molecular formula is C16H19N5O2S. The van der Waals surface area contributed by atoms with Crippen LogP contribution in [0.5, 0.6) is 0 Å². The molecule has 1 N–H and O–H groups in total. The topological polar surface area (TPSA) is 85.6 Å². The number of hydrogen-bond donors (Lipinski definition) is 1. The van der Waals surface area contributed by atoms with E-state index in [1.165, 1.54) is 0 Å². The second-order valence-electron chi connectivity index (χ2n) is 5.48. The van der Waals surface area contributed by atoms with E-state index in [4.69, 9.17) is 0 Å². The zero-order chi connectivity index (χ0) is 17.1. The molecule has 0 fully saturated rings. The van der Waals surface area contributed by atoms with Crippen LogP contribution >= 0.6 is 11.8 Å². The number of aromatic nitrogens is 5. The lowest BCUT2D eigenvalue weighted by molar-refractivity contribution is 0.613. The Kier molecular flexibility index (Phi) is 4.84. The van der Waals surface area contributed by atoms with Crippen LogP contribution in [0.2, 0.25) is 0 Å². The van der Waals surface area contributed by atoms with Crippen molar-refractivity contribution in [1.29, 1.82) is 0 Å². The average molecular weight is 345 g/mol. The van der Waals surface area contributed by atoms with Crippen molar-refractivity contribution < 1.29 is 0 Å². The summed E-state index contributed by atoms with van der Waals surface area (Å²) in [5, 5.41) is 0.891. The fourth-order valence-corrected chi connectivity index (χ4v) is 3.36. The van der Waals surface area contributed by atoms with E-state index in [1.807, 2.05) is 18.2 Å². The van der Waals surface area contributed by atoms with Crippen molar-refractivity contribution in [2.75, 3.05) is 0 Å². The lowest BCUT2D eigenvalue weighted by Gasteiger charge is -2.04. The van der Waals surface area contributed by atoms with E-state index in [9.17, 15) is 9.59 Å². The number of rotatable bonds is 6. The van der Waals surface area contributed by atoms with Crippen molar-refractivity contribution in [3.63, 3.8) is 0 Å². The first-order valence-electron chi connectivity index (χ1n) is 7.84. The molecule has 126 valence electrons. The monoisotopic (exact) mass is 345 g/mol. The fourth-order valence-electron chi connectivity index (χ4n) is 2.52. The van der Waals surface area contributed by atoms with Crippen molar-refractivity contribution in [2.45, 2.75) is 37.1 Å². The highest BCUT2D eigenvalue weighted by molar-refractivity contribution is 7.98. The quantitative estimate of drug-likeness (QED) is 0.690. The first kappa shape index (κ1) is 16.5. The number of pyridine rings is 1. The van der Waals surface area contributed by atoms with Crippen LogP contribution in [0, 0.1) is 0 Å². The molecule has 0 saturated heterocycles. The molecular weight excluding hydrogens is 326 g/mol. The summed E-state index contributed by atoms with van der Waals surface area (Å²) in [6.07, 6.45) is 3.56. The third-order valence-corrected chi connectivity index (χ3v) is 4.77. The van der Waals surface area contributed by atoms with Crippen molar-refractivity contribution in [2.24, 2.45) is 7.05 Å². The zero-order valence-corrected chi connectivity index (χ0v) is 14.5. The van der Waals surface area contributed by atoms with Gasteiger partial charge in [-0.25, -0.2) is 14.8 Å². The minimum Gasteiger partial charge on any atom is -0.325 e. The zero-order valence-electron chi connectivity index (χ0n) is 13.7. The number of fused-ring (bicyclic) bond motifs is 1. The molecule has 3 aromatic heterocycles. The predicted octanol–water partition coefficient (Wildman–Crippen LogP) is 1.91. The standard InChI is InChI=1S/C16H19N5O2S/c1-3-4-9-21-14-13(15(22)19-16(21)23)20(2)11(18-14)10-24-12-7-5-6-8-17-12/h5-8H,3-4,9-10H2,1-2H3,(H,19,22,23). The first-order chi connectivity index (χ1) is 11.6. The minimum absolute atomic E-state index is 0.396. The van der Waals surface area contributed by atoms with Gasteiger partial charge in [-0.05, 0) is 18.6 Å². The smallest absolute Gasteiger partial charge is 0.325 e. The summed E-state index contributed by atoms with van der Waals surface area (Å²) in [6, 6.07) is 5.72. The maximum absolute atomic E-state index is 12.2. The maximum Gasteiger partial charge on any atom is 0.330 e. The van der Waals surface area contributed by atoms with Crippen LogP contribution in [0.25, 0.3) is 11.2 Å². The summed E-state index contributed by atoms with van der Waals surface area (Å²) in [5.74, 6) is 1.31. The van der Waals surface area contributed by atoms with Gasteiger partial charge >= 0.3 is 5.69 Å². The molecule has 0 saturated carbocycles. The number of aromatic amines is 1. The Balaban J connectivity index is 2.01. The largest absolute Gasteiger partial charge is 0.330 e. The SMILES string of the molecule is CCCCn1c(=O)[nH]c(=O)c2c1nc(CSc1ccccn1)n2C. The van der Waals surface area contributed by atoms with Crippen molar-refractivity contribution >= 4 is 22.9 Å². The Labute approximate surface area is 142 Å². The molecule has 0 bridgehead atoms. The molecule has 0 aromatic carbocycles. The second-order valence-corrected chi connectivity index (χ2v) is 6.48. The number of nitrogens with zero attached hydrogens (tertiary/aromatic N) is 4. The number of unbranched alkanes of at least 4 members (excludes halogenated alkanes) is 1. The Hall–Kier alpha value is -2.35. The molecule has 0 unspecified atom stereocenters. The van der Waals surface area contributed by atoms with Crippen LogP contribution in [0.1, 0.15) is 25.6 Å². The number of H-pyrrole nitrogens is 1. The number of aryl methyl sites for hydroxylation is 2. The molecule has 3 rings (SSSR count). The lowest BCUT2D eigenvalue weighted by Crippen LogP contribution is -2.31. The predicted molar refractivity (Wildman–Crippen MR) is 94.3 cm³/mol. The van der Waals surface area contributed by atoms with E-state index >= 15 is 0 Å². The third-order valence-electron chi connectivity index (χ3n) is 3.83. The van der Waals surface area contributed by atoms with Crippen LogP contribution in [-0.4, -0.2) is 24.1 Å². The Morgan fingerprint density at radius 2 is 2.12 bits per heavy atom. The van der Waals surface area contributed by atoms with Crippen LogP contribution in [0.15, 0.2) is 39.0 Å². The fraction of sp³-hybridized carbons (Fsp3) is 0.375. The minimum atomic E-state index is -0.400. The van der Waals surface area contributed by atoms with Gasteiger partial charge in [-0.15, -0.1) is 0 Å². The van der Waals surface area contributed by atoms with Gasteiger partial charge in [-0.2, -0.15) is 0 Å². The van der Waals surface area contributed by atoms with E-state index < -0.39 is 11.2 Å². The van der Waals surface area contributed by atoms with E-state index in [0.29, 0.717) is 23.5 Å². The van der Waals surface area contributed by atoms with Gasteiger partial charge in [0.05, 0.1) is 10.8 Å². The number of imidazole rings is 1. The van der Waals surface area contributed by atoms with Crippen molar-refractivity contribution in [1.82, 2.24) is 24.1 Å². The summed E-state index contributed by atoms with van der Waals surface area (Å²) >= 11 is 1.54. The molecule has 0 atom stereocenters. The number of thioether (sulfide) groups is 1. The van der Waals surface area contributed by atoms with Gasteiger partial charge in [0.1, 0.15) is 5.82 Å². The van der Waals surface area contributed by atoms with E-state index in [2.05, 4.69) is 21.9 Å². The highest BCUT2D eigenvalue weighted by Gasteiger charge is 2.16. The van der Waals surface area contributed by atoms with Crippen LogP contribution in [0.4, 0.5) is 0 Å². The molecule has 0 radical (unpaired) electrons. The molecule has 8 heteroatoms. The molecule has 7 nitrogen and oxygen atoms in total. The maximum atomic E-state index is 12.2. The van der Waals surface area contributed by atoms with Crippen LogP contribution < -0.4 is 11.2 Å². The van der Waals surface area contributed by atoms with Crippen LogP contribution in [0.3, 0.4) is 0 Å². The van der Waals surface area contributed by atoms with Gasteiger partial charge in [-0.3, -0.25) is 14.3 Å².